The minimum absolute atomic E-state index is 0.0127. The fourth-order valence-corrected chi connectivity index (χ4v) is 3.38. The summed E-state index contributed by atoms with van der Waals surface area (Å²) in [6.45, 7) is 12.3. The van der Waals surface area contributed by atoms with Gasteiger partial charge in [0.2, 0.25) is 5.95 Å². The standard InChI is InChI=1S/C22H31N5O/c1-16(2)8-9-23-22-24-18(4)15-20(25-22)21(28)27-12-10-26(11-13-27)19-7-5-6-17(3)14-19/h5-7,14-16H,8-13H2,1-4H3,(H,23,24,25). The van der Waals surface area contributed by atoms with E-state index in [1.165, 1.54) is 11.3 Å². The van der Waals surface area contributed by atoms with Crippen molar-refractivity contribution in [3.05, 3.63) is 47.3 Å². The molecule has 0 bridgehead atoms. The Labute approximate surface area is 168 Å². The predicted molar refractivity (Wildman–Crippen MR) is 114 cm³/mol. The summed E-state index contributed by atoms with van der Waals surface area (Å²) in [6, 6.07) is 10.3. The van der Waals surface area contributed by atoms with Gasteiger partial charge in [0.1, 0.15) is 5.69 Å². The number of amides is 1. The summed E-state index contributed by atoms with van der Waals surface area (Å²) in [5, 5.41) is 3.25. The van der Waals surface area contributed by atoms with E-state index in [0.29, 0.717) is 30.6 Å². The number of hydrogen-bond donors (Lipinski definition) is 1. The number of nitrogens with zero attached hydrogens (tertiary/aromatic N) is 4. The number of aryl methyl sites for hydroxylation is 2. The highest BCUT2D eigenvalue weighted by Crippen LogP contribution is 2.19. The van der Waals surface area contributed by atoms with Crippen LogP contribution in [0, 0.1) is 19.8 Å². The molecule has 2 aromatic rings. The van der Waals surface area contributed by atoms with Crippen LogP contribution in [0.2, 0.25) is 0 Å². The maximum Gasteiger partial charge on any atom is 0.272 e. The van der Waals surface area contributed by atoms with Gasteiger partial charge >= 0.3 is 0 Å². The van der Waals surface area contributed by atoms with E-state index in [1.54, 1.807) is 6.07 Å². The van der Waals surface area contributed by atoms with E-state index in [2.05, 4.69) is 65.2 Å². The number of rotatable bonds is 6. The van der Waals surface area contributed by atoms with Crippen LogP contribution in [0.15, 0.2) is 30.3 Å². The molecule has 150 valence electrons. The Bertz CT molecular complexity index is 812. The Morgan fingerprint density at radius 1 is 1.11 bits per heavy atom. The third kappa shape index (κ3) is 5.21. The lowest BCUT2D eigenvalue weighted by molar-refractivity contribution is 0.0740. The first-order valence-electron chi connectivity index (χ1n) is 10.1. The summed E-state index contributed by atoms with van der Waals surface area (Å²) < 4.78 is 0. The molecular weight excluding hydrogens is 350 g/mol. The minimum atomic E-state index is -0.0127. The van der Waals surface area contributed by atoms with Crippen molar-refractivity contribution in [2.24, 2.45) is 5.92 Å². The molecule has 1 saturated heterocycles. The Morgan fingerprint density at radius 2 is 1.86 bits per heavy atom. The highest BCUT2D eigenvalue weighted by Gasteiger charge is 2.24. The van der Waals surface area contributed by atoms with Gasteiger partial charge < -0.3 is 15.1 Å². The normalized spacial score (nSPS) is 14.5. The van der Waals surface area contributed by atoms with Crippen molar-refractivity contribution in [1.82, 2.24) is 14.9 Å². The molecule has 0 unspecified atom stereocenters. The average Bonchev–Trinajstić information content (AvgIpc) is 2.67. The molecule has 1 amide bonds. The number of carbonyl (C=O) groups excluding carboxylic acids is 1. The summed E-state index contributed by atoms with van der Waals surface area (Å²) in [5.74, 6) is 1.15. The van der Waals surface area contributed by atoms with Gasteiger partial charge in [-0.15, -0.1) is 0 Å². The van der Waals surface area contributed by atoms with Crippen LogP contribution >= 0.6 is 0 Å². The van der Waals surface area contributed by atoms with E-state index < -0.39 is 0 Å². The van der Waals surface area contributed by atoms with Crippen molar-refractivity contribution in [3.8, 4) is 0 Å². The number of anilines is 2. The molecule has 3 rings (SSSR count). The Morgan fingerprint density at radius 3 is 2.54 bits per heavy atom. The molecule has 2 heterocycles. The molecule has 6 nitrogen and oxygen atoms in total. The van der Waals surface area contributed by atoms with Crippen LogP contribution in [0.5, 0.6) is 0 Å². The topological polar surface area (TPSA) is 61.4 Å². The van der Waals surface area contributed by atoms with Crippen molar-refractivity contribution in [2.45, 2.75) is 34.1 Å². The predicted octanol–water partition coefficient (Wildman–Crippen LogP) is 3.51. The summed E-state index contributed by atoms with van der Waals surface area (Å²) in [4.78, 5) is 26.1. The first-order chi connectivity index (χ1) is 13.4. The van der Waals surface area contributed by atoms with E-state index in [1.807, 2.05) is 11.8 Å². The number of hydrogen-bond acceptors (Lipinski definition) is 5. The monoisotopic (exact) mass is 381 g/mol. The maximum atomic E-state index is 13.0. The first kappa shape index (κ1) is 20.1. The van der Waals surface area contributed by atoms with Crippen LogP contribution in [-0.2, 0) is 0 Å². The molecule has 0 spiro atoms. The fraction of sp³-hybridized carbons (Fsp3) is 0.500. The third-order valence-corrected chi connectivity index (χ3v) is 5.01. The zero-order valence-corrected chi connectivity index (χ0v) is 17.4. The van der Waals surface area contributed by atoms with Crippen molar-refractivity contribution in [1.29, 1.82) is 0 Å². The molecule has 1 fully saturated rings. The minimum Gasteiger partial charge on any atom is -0.368 e. The lowest BCUT2D eigenvalue weighted by Gasteiger charge is -2.36. The largest absolute Gasteiger partial charge is 0.368 e. The smallest absolute Gasteiger partial charge is 0.272 e. The van der Waals surface area contributed by atoms with Crippen molar-refractivity contribution in [3.63, 3.8) is 0 Å². The number of nitrogens with one attached hydrogen (secondary N) is 1. The second kappa shape index (κ2) is 9.04. The quantitative estimate of drug-likeness (QED) is 0.830. The van der Waals surface area contributed by atoms with Crippen LogP contribution in [0.3, 0.4) is 0 Å². The van der Waals surface area contributed by atoms with Crippen LogP contribution in [0.25, 0.3) is 0 Å². The van der Waals surface area contributed by atoms with Gasteiger partial charge in [-0.05, 0) is 49.9 Å². The van der Waals surface area contributed by atoms with E-state index in [9.17, 15) is 4.79 Å². The molecule has 0 radical (unpaired) electrons. The van der Waals surface area contributed by atoms with Crippen molar-refractivity contribution in [2.75, 3.05) is 42.9 Å². The summed E-state index contributed by atoms with van der Waals surface area (Å²) in [6.07, 6.45) is 1.04. The van der Waals surface area contributed by atoms with Gasteiger partial charge in [0.15, 0.2) is 0 Å². The highest BCUT2D eigenvalue weighted by molar-refractivity contribution is 5.92. The molecule has 28 heavy (non-hydrogen) atoms. The second-order valence-corrected chi connectivity index (χ2v) is 7.95. The Balaban J connectivity index is 1.62. The van der Waals surface area contributed by atoms with Gasteiger partial charge in [0.05, 0.1) is 0 Å². The molecule has 1 aromatic heterocycles. The number of piperazine rings is 1. The SMILES string of the molecule is Cc1cccc(N2CCN(C(=O)c3cc(C)nc(NCCC(C)C)n3)CC2)c1. The molecule has 1 aromatic carbocycles. The van der Waals surface area contributed by atoms with Gasteiger partial charge in [0.25, 0.3) is 5.91 Å². The van der Waals surface area contributed by atoms with Gasteiger partial charge in [-0.1, -0.05) is 26.0 Å². The van der Waals surface area contributed by atoms with Crippen LogP contribution < -0.4 is 10.2 Å². The number of aromatic nitrogens is 2. The summed E-state index contributed by atoms with van der Waals surface area (Å²) >= 11 is 0. The maximum absolute atomic E-state index is 13.0. The lowest BCUT2D eigenvalue weighted by atomic mass is 10.1. The molecular formula is C22H31N5O. The molecule has 0 atom stereocenters. The van der Waals surface area contributed by atoms with Gasteiger partial charge in [-0.3, -0.25) is 4.79 Å². The van der Waals surface area contributed by atoms with E-state index >= 15 is 0 Å². The van der Waals surface area contributed by atoms with E-state index in [-0.39, 0.29) is 5.91 Å². The highest BCUT2D eigenvalue weighted by atomic mass is 16.2. The first-order valence-corrected chi connectivity index (χ1v) is 10.1. The van der Waals surface area contributed by atoms with Crippen molar-refractivity contribution < 1.29 is 4.79 Å². The summed E-state index contributed by atoms with van der Waals surface area (Å²) in [7, 11) is 0. The molecule has 0 aliphatic carbocycles. The van der Waals surface area contributed by atoms with E-state index in [4.69, 9.17) is 0 Å². The number of benzene rings is 1. The lowest BCUT2D eigenvalue weighted by Crippen LogP contribution is -2.49. The van der Waals surface area contributed by atoms with Crippen molar-refractivity contribution >= 4 is 17.5 Å². The number of carbonyl (C=O) groups is 1. The summed E-state index contributed by atoms with van der Waals surface area (Å²) in [5.41, 5.74) is 3.76. The zero-order valence-electron chi connectivity index (χ0n) is 17.4. The second-order valence-electron chi connectivity index (χ2n) is 7.95. The van der Waals surface area contributed by atoms with Gasteiger partial charge in [-0.25, -0.2) is 9.97 Å². The molecule has 6 heteroatoms. The third-order valence-electron chi connectivity index (χ3n) is 5.01. The van der Waals surface area contributed by atoms with Gasteiger partial charge in [-0.2, -0.15) is 0 Å². The Kier molecular flexibility index (Phi) is 6.49. The fourth-order valence-electron chi connectivity index (χ4n) is 3.38. The zero-order chi connectivity index (χ0) is 20.1. The van der Waals surface area contributed by atoms with Crippen LogP contribution in [0.4, 0.5) is 11.6 Å². The molecule has 0 saturated carbocycles. The molecule has 1 aliphatic rings. The Hall–Kier alpha value is -2.63. The van der Waals surface area contributed by atoms with Gasteiger partial charge in [0, 0.05) is 44.1 Å². The van der Waals surface area contributed by atoms with Crippen LogP contribution in [-0.4, -0.2) is 53.5 Å². The molecule has 1 aliphatic heterocycles. The average molecular weight is 382 g/mol. The van der Waals surface area contributed by atoms with E-state index in [0.717, 1.165) is 31.7 Å². The molecule has 1 N–H and O–H groups in total. The van der Waals surface area contributed by atoms with Crippen LogP contribution in [0.1, 0.15) is 42.0 Å².